The molecule has 86 valence electrons. The minimum atomic E-state index is -2.28. The molecule has 1 unspecified atom stereocenters. The Balaban J connectivity index is 2.04. The second kappa shape index (κ2) is 5.58. The van der Waals surface area contributed by atoms with Gasteiger partial charge in [-0.05, 0) is 28.3 Å². The molecule has 0 amide bonds. The van der Waals surface area contributed by atoms with Crippen molar-refractivity contribution in [3.8, 4) is 5.75 Å². The molecule has 0 aliphatic carbocycles. The summed E-state index contributed by atoms with van der Waals surface area (Å²) >= 11 is 0. The third-order valence-corrected chi connectivity index (χ3v) is 3.00. The molecule has 2 aromatic carbocycles. The van der Waals surface area contributed by atoms with Crippen LogP contribution in [0.25, 0.3) is 0 Å². The van der Waals surface area contributed by atoms with Crippen LogP contribution in [0.3, 0.4) is 0 Å². The molecule has 2 aromatic rings. The molecule has 0 aliphatic rings. The molecule has 0 aromatic heterocycles. The highest BCUT2D eigenvalue weighted by molar-refractivity contribution is 7.47. The zero-order valence-corrected chi connectivity index (χ0v) is 10.0. The van der Waals surface area contributed by atoms with Crippen molar-refractivity contribution < 1.29 is 14.2 Å². The zero-order valence-electron chi connectivity index (χ0n) is 9.11. The topological polar surface area (TPSA) is 46.5 Å². The van der Waals surface area contributed by atoms with Gasteiger partial charge in [0.2, 0.25) is 5.30 Å². The standard InChI is InChI=1S/C13H11O3P/c14-17(15)13-8-4-5-11(9-13)10-16-12-6-2-1-3-7-12/h1-9H,10H2/p+1. The zero-order chi connectivity index (χ0) is 12.1. The summed E-state index contributed by atoms with van der Waals surface area (Å²) in [4.78, 5) is 9.00. The lowest BCUT2D eigenvalue weighted by atomic mass is 10.2. The first-order valence-electron chi connectivity index (χ1n) is 5.18. The third-order valence-electron chi connectivity index (χ3n) is 2.28. The molecule has 0 radical (unpaired) electrons. The average molecular weight is 247 g/mol. The Morgan fingerprint density at radius 1 is 1.06 bits per heavy atom. The Bertz CT molecular complexity index is 511. The van der Waals surface area contributed by atoms with E-state index in [1.54, 1.807) is 18.2 Å². The Morgan fingerprint density at radius 3 is 2.53 bits per heavy atom. The van der Waals surface area contributed by atoms with Crippen molar-refractivity contribution in [1.29, 1.82) is 0 Å². The molecule has 0 saturated carbocycles. The molecule has 17 heavy (non-hydrogen) atoms. The number of hydrogen-bond acceptors (Lipinski definition) is 2. The van der Waals surface area contributed by atoms with Gasteiger partial charge in [0.1, 0.15) is 12.4 Å². The number of benzene rings is 2. The SMILES string of the molecule is O=[P+](O)c1cccc(COc2ccccc2)c1. The van der Waals surface area contributed by atoms with Crippen LogP contribution in [0.4, 0.5) is 0 Å². The summed E-state index contributed by atoms with van der Waals surface area (Å²) in [6.45, 7) is 0.390. The van der Waals surface area contributed by atoms with Crippen LogP contribution in [0, 0.1) is 0 Å². The first kappa shape index (κ1) is 11.8. The lowest BCUT2D eigenvalue weighted by molar-refractivity contribution is 0.306. The van der Waals surface area contributed by atoms with Crippen LogP contribution >= 0.6 is 8.03 Å². The van der Waals surface area contributed by atoms with E-state index in [1.807, 2.05) is 36.4 Å². The van der Waals surface area contributed by atoms with Gasteiger partial charge in [0.15, 0.2) is 0 Å². The summed E-state index contributed by atoms with van der Waals surface area (Å²) in [7, 11) is -2.28. The minimum Gasteiger partial charge on any atom is -0.489 e. The molecule has 1 atom stereocenters. The molecule has 0 aliphatic heterocycles. The van der Waals surface area contributed by atoms with Gasteiger partial charge in [-0.1, -0.05) is 30.3 Å². The lowest BCUT2D eigenvalue weighted by Gasteiger charge is -2.05. The molecule has 0 spiro atoms. The van der Waals surface area contributed by atoms with Crippen LogP contribution in [0.1, 0.15) is 5.56 Å². The van der Waals surface area contributed by atoms with Crippen LogP contribution in [0.15, 0.2) is 54.6 Å². The smallest absolute Gasteiger partial charge is 0.489 e. The van der Waals surface area contributed by atoms with E-state index in [4.69, 9.17) is 9.63 Å². The van der Waals surface area contributed by atoms with E-state index in [0.29, 0.717) is 11.9 Å². The molecule has 0 heterocycles. The maximum atomic E-state index is 10.9. The third kappa shape index (κ3) is 3.38. The molecule has 4 heteroatoms. The van der Waals surface area contributed by atoms with E-state index in [9.17, 15) is 4.57 Å². The Labute approximate surface area is 101 Å². The van der Waals surface area contributed by atoms with Crippen LogP contribution in [0.2, 0.25) is 0 Å². The van der Waals surface area contributed by atoms with Crippen molar-refractivity contribution in [2.75, 3.05) is 0 Å². The van der Waals surface area contributed by atoms with E-state index in [0.717, 1.165) is 11.3 Å². The summed E-state index contributed by atoms with van der Waals surface area (Å²) in [5, 5.41) is 0.425. The highest BCUT2D eigenvalue weighted by atomic mass is 31.1. The van der Waals surface area contributed by atoms with Crippen molar-refractivity contribution in [2.45, 2.75) is 6.61 Å². The lowest BCUT2D eigenvalue weighted by Crippen LogP contribution is -2.01. The Hall–Kier alpha value is -1.70. The maximum Gasteiger partial charge on any atom is 0.546 e. The number of rotatable bonds is 4. The fourth-order valence-electron chi connectivity index (χ4n) is 1.45. The number of ether oxygens (including phenoxy) is 1. The maximum absolute atomic E-state index is 10.9. The van der Waals surface area contributed by atoms with Gasteiger partial charge in [0, 0.05) is 6.07 Å². The van der Waals surface area contributed by atoms with Crippen LogP contribution in [-0.2, 0) is 11.2 Å². The number of para-hydroxylation sites is 1. The van der Waals surface area contributed by atoms with Gasteiger partial charge < -0.3 is 4.74 Å². The summed E-state index contributed by atoms with van der Waals surface area (Å²) in [6, 6.07) is 16.4. The van der Waals surface area contributed by atoms with E-state index < -0.39 is 8.03 Å². The van der Waals surface area contributed by atoms with Crippen molar-refractivity contribution in [2.24, 2.45) is 0 Å². The summed E-state index contributed by atoms with van der Waals surface area (Å²) in [6.07, 6.45) is 0. The summed E-state index contributed by atoms with van der Waals surface area (Å²) < 4.78 is 16.5. The van der Waals surface area contributed by atoms with Crippen LogP contribution in [0.5, 0.6) is 5.75 Å². The quantitative estimate of drug-likeness (QED) is 0.845. The highest BCUT2D eigenvalue weighted by Gasteiger charge is 2.15. The van der Waals surface area contributed by atoms with Gasteiger partial charge in [-0.3, -0.25) is 0 Å². The van der Waals surface area contributed by atoms with Gasteiger partial charge >= 0.3 is 8.03 Å². The Morgan fingerprint density at radius 2 is 1.82 bits per heavy atom. The van der Waals surface area contributed by atoms with Crippen molar-refractivity contribution in [1.82, 2.24) is 0 Å². The van der Waals surface area contributed by atoms with Gasteiger partial charge in [-0.2, -0.15) is 4.89 Å². The normalized spacial score (nSPS) is 11.0. The first-order valence-corrected chi connectivity index (χ1v) is 6.40. The predicted molar refractivity (Wildman–Crippen MR) is 66.7 cm³/mol. The average Bonchev–Trinajstić information content (AvgIpc) is 2.38. The fourth-order valence-corrected chi connectivity index (χ4v) is 1.94. The van der Waals surface area contributed by atoms with Crippen LogP contribution < -0.4 is 10.0 Å². The highest BCUT2D eigenvalue weighted by Crippen LogP contribution is 2.15. The van der Waals surface area contributed by atoms with E-state index in [-0.39, 0.29) is 0 Å². The monoisotopic (exact) mass is 247 g/mol. The van der Waals surface area contributed by atoms with Gasteiger partial charge in [-0.15, -0.1) is 0 Å². The second-order valence-electron chi connectivity index (χ2n) is 3.54. The van der Waals surface area contributed by atoms with Crippen LogP contribution in [-0.4, -0.2) is 4.89 Å². The Kier molecular flexibility index (Phi) is 3.86. The van der Waals surface area contributed by atoms with Gasteiger partial charge in [0.25, 0.3) is 0 Å². The minimum absolute atomic E-state index is 0.390. The molecule has 0 fully saturated rings. The van der Waals surface area contributed by atoms with Crippen molar-refractivity contribution in [3.63, 3.8) is 0 Å². The van der Waals surface area contributed by atoms with Crippen molar-refractivity contribution in [3.05, 3.63) is 60.2 Å². The first-order chi connectivity index (χ1) is 8.25. The molecule has 1 N–H and O–H groups in total. The molecule has 0 bridgehead atoms. The van der Waals surface area contributed by atoms with Gasteiger partial charge in [0.05, 0.1) is 0 Å². The fraction of sp³-hybridized carbons (Fsp3) is 0.0769. The van der Waals surface area contributed by atoms with E-state index >= 15 is 0 Å². The summed E-state index contributed by atoms with van der Waals surface area (Å²) in [5.74, 6) is 0.784. The predicted octanol–water partition coefficient (Wildman–Crippen LogP) is 2.63. The largest absolute Gasteiger partial charge is 0.546 e. The second-order valence-corrected chi connectivity index (χ2v) is 4.61. The molecule has 3 nitrogen and oxygen atoms in total. The molecular weight excluding hydrogens is 235 g/mol. The molecule has 0 saturated heterocycles. The van der Waals surface area contributed by atoms with Crippen molar-refractivity contribution >= 4 is 13.3 Å². The molecular formula is C13H12O3P+. The molecule has 2 rings (SSSR count). The van der Waals surface area contributed by atoms with E-state index in [1.165, 1.54) is 0 Å². The van der Waals surface area contributed by atoms with E-state index in [2.05, 4.69) is 0 Å². The number of hydrogen-bond donors (Lipinski definition) is 1. The van der Waals surface area contributed by atoms with Gasteiger partial charge in [-0.25, -0.2) is 0 Å². The summed E-state index contributed by atoms with van der Waals surface area (Å²) in [5.41, 5.74) is 0.878.